The van der Waals surface area contributed by atoms with E-state index in [2.05, 4.69) is 10.2 Å². The van der Waals surface area contributed by atoms with Crippen molar-refractivity contribution in [3.05, 3.63) is 0 Å². The highest BCUT2D eigenvalue weighted by atomic mass is 16.4. The highest BCUT2D eigenvalue weighted by molar-refractivity contribution is 5.78. The van der Waals surface area contributed by atoms with Gasteiger partial charge in [-0.15, -0.1) is 0 Å². The third kappa shape index (κ3) is 3.32. The molecule has 1 saturated carbocycles. The number of nitrogens with one attached hydrogen (secondary N) is 1. The molecule has 3 fully saturated rings. The van der Waals surface area contributed by atoms with Crippen LogP contribution in [-0.2, 0) is 9.59 Å². The molecule has 2 unspecified atom stereocenters. The molecule has 2 atom stereocenters. The van der Waals surface area contributed by atoms with Gasteiger partial charge in [0.1, 0.15) is 0 Å². The molecule has 1 amide bonds. The zero-order valence-electron chi connectivity index (χ0n) is 11.9. The number of hydrogen-bond donors (Lipinski definition) is 2. The summed E-state index contributed by atoms with van der Waals surface area (Å²) in [4.78, 5) is 25.1. The molecule has 2 N–H and O–H groups in total. The summed E-state index contributed by atoms with van der Waals surface area (Å²) in [5.74, 6) is 0.475. The maximum Gasteiger partial charge on any atom is 0.303 e. The van der Waals surface area contributed by atoms with Crippen molar-refractivity contribution >= 4 is 11.9 Å². The Balaban J connectivity index is 1.48. The first-order chi connectivity index (χ1) is 9.61. The van der Waals surface area contributed by atoms with E-state index in [1.165, 1.54) is 12.8 Å². The van der Waals surface area contributed by atoms with Crippen LogP contribution in [0.5, 0.6) is 0 Å². The van der Waals surface area contributed by atoms with E-state index in [4.69, 9.17) is 5.11 Å². The van der Waals surface area contributed by atoms with Gasteiger partial charge in [0.15, 0.2) is 0 Å². The Bertz CT molecular complexity index is 381. The van der Waals surface area contributed by atoms with Crippen LogP contribution >= 0.6 is 0 Å². The summed E-state index contributed by atoms with van der Waals surface area (Å²) in [6.07, 6.45) is 6.93. The van der Waals surface area contributed by atoms with Gasteiger partial charge >= 0.3 is 5.97 Å². The molecule has 5 nitrogen and oxygen atoms in total. The summed E-state index contributed by atoms with van der Waals surface area (Å²) in [6.45, 7) is 1.34. The lowest BCUT2D eigenvalue weighted by molar-refractivity contribution is -0.139. The van der Waals surface area contributed by atoms with Gasteiger partial charge < -0.3 is 10.4 Å². The first-order valence-electron chi connectivity index (χ1n) is 7.86. The van der Waals surface area contributed by atoms with Gasteiger partial charge in [-0.05, 0) is 50.4 Å². The van der Waals surface area contributed by atoms with Crippen molar-refractivity contribution in [3.8, 4) is 0 Å². The molecule has 5 heteroatoms. The number of amides is 1. The number of nitrogens with zero attached hydrogens (tertiary/aromatic N) is 1. The first-order valence-corrected chi connectivity index (χ1v) is 7.86. The van der Waals surface area contributed by atoms with Crippen LogP contribution in [0, 0.1) is 11.8 Å². The number of fused-ring (bicyclic) bond motifs is 2. The second kappa shape index (κ2) is 5.72. The van der Waals surface area contributed by atoms with Crippen LogP contribution in [0.4, 0.5) is 0 Å². The number of carboxylic acids is 1. The molecule has 1 aliphatic carbocycles. The van der Waals surface area contributed by atoms with Crippen molar-refractivity contribution in [1.82, 2.24) is 10.2 Å². The molecule has 2 heterocycles. The van der Waals surface area contributed by atoms with E-state index in [1.54, 1.807) is 0 Å². The van der Waals surface area contributed by atoms with Gasteiger partial charge in [0.05, 0.1) is 6.54 Å². The fourth-order valence-electron chi connectivity index (χ4n) is 3.86. The number of aliphatic carboxylic acids is 1. The molecule has 3 aliphatic rings. The Morgan fingerprint density at radius 3 is 2.25 bits per heavy atom. The lowest BCUT2D eigenvalue weighted by atomic mass is 9.88. The minimum atomic E-state index is -0.690. The Hall–Kier alpha value is -1.10. The predicted octanol–water partition coefficient (Wildman–Crippen LogP) is 1.23. The molecule has 20 heavy (non-hydrogen) atoms. The molecular weight excluding hydrogens is 256 g/mol. The largest absolute Gasteiger partial charge is 0.481 e. The highest BCUT2D eigenvalue weighted by Gasteiger charge is 2.41. The van der Waals surface area contributed by atoms with Gasteiger partial charge in [0.25, 0.3) is 0 Å². The van der Waals surface area contributed by atoms with E-state index in [9.17, 15) is 9.59 Å². The lowest BCUT2D eigenvalue weighted by Gasteiger charge is -2.38. The summed E-state index contributed by atoms with van der Waals surface area (Å²) < 4.78 is 0. The number of hydrogen-bond acceptors (Lipinski definition) is 3. The Morgan fingerprint density at radius 1 is 1.05 bits per heavy atom. The zero-order chi connectivity index (χ0) is 14.1. The fourth-order valence-corrected chi connectivity index (χ4v) is 3.86. The van der Waals surface area contributed by atoms with Crippen molar-refractivity contribution in [2.45, 2.75) is 57.0 Å². The average molecular weight is 280 g/mol. The topological polar surface area (TPSA) is 69.6 Å². The van der Waals surface area contributed by atoms with Crippen molar-refractivity contribution in [1.29, 1.82) is 0 Å². The molecule has 0 spiro atoms. The minimum absolute atomic E-state index is 0.144. The molecular formula is C15H24N2O3. The number of carboxylic acid groups (broad SMARTS) is 1. The van der Waals surface area contributed by atoms with E-state index in [0.29, 0.717) is 24.5 Å². The fraction of sp³-hybridized carbons (Fsp3) is 0.867. The molecule has 0 aromatic rings. The van der Waals surface area contributed by atoms with E-state index in [1.807, 2.05) is 0 Å². The van der Waals surface area contributed by atoms with Crippen LogP contribution in [0.1, 0.15) is 44.9 Å². The highest BCUT2D eigenvalue weighted by Crippen LogP contribution is 2.39. The predicted molar refractivity (Wildman–Crippen MR) is 74.2 cm³/mol. The molecule has 0 aromatic heterocycles. The van der Waals surface area contributed by atoms with Crippen LogP contribution in [0.3, 0.4) is 0 Å². The maximum absolute atomic E-state index is 12.0. The van der Waals surface area contributed by atoms with E-state index in [0.717, 1.165) is 38.1 Å². The van der Waals surface area contributed by atoms with Gasteiger partial charge in [-0.1, -0.05) is 0 Å². The molecule has 2 aliphatic heterocycles. The smallest absolute Gasteiger partial charge is 0.303 e. The van der Waals surface area contributed by atoms with Gasteiger partial charge in [-0.2, -0.15) is 0 Å². The Kier molecular flexibility index (Phi) is 3.96. The monoisotopic (exact) mass is 280 g/mol. The third-order valence-electron chi connectivity index (χ3n) is 5.06. The summed E-state index contributed by atoms with van der Waals surface area (Å²) >= 11 is 0. The van der Waals surface area contributed by atoms with Crippen molar-refractivity contribution in [2.24, 2.45) is 11.8 Å². The second-order valence-corrected chi connectivity index (χ2v) is 6.74. The zero-order valence-corrected chi connectivity index (χ0v) is 11.9. The molecule has 2 bridgehead atoms. The van der Waals surface area contributed by atoms with Crippen molar-refractivity contribution in [2.75, 3.05) is 13.1 Å². The number of rotatable bonds is 6. The van der Waals surface area contributed by atoms with Gasteiger partial charge in [-0.3, -0.25) is 14.5 Å². The lowest BCUT2D eigenvalue weighted by Crippen LogP contribution is -2.48. The Labute approximate surface area is 119 Å². The Morgan fingerprint density at radius 2 is 1.70 bits per heavy atom. The van der Waals surface area contributed by atoms with Crippen LogP contribution in [0.25, 0.3) is 0 Å². The number of carbonyl (C=O) groups excluding carboxylic acids is 1. The molecule has 0 aromatic carbocycles. The molecule has 2 saturated heterocycles. The maximum atomic E-state index is 12.0. The summed E-state index contributed by atoms with van der Waals surface area (Å²) in [7, 11) is 0. The van der Waals surface area contributed by atoms with Crippen LogP contribution < -0.4 is 5.32 Å². The SMILES string of the molecule is O=C(O)CC1CC2CCC(C1)N2CC(=O)NCC1CC1. The van der Waals surface area contributed by atoms with E-state index < -0.39 is 5.97 Å². The molecule has 112 valence electrons. The van der Waals surface area contributed by atoms with Gasteiger partial charge in [0.2, 0.25) is 5.91 Å². The third-order valence-corrected chi connectivity index (χ3v) is 5.06. The van der Waals surface area contributed by atoms with Gasteiger partial charge in [0, 0.05) is 25.0 Å². The molecule has 3 rings (SSSR count). The van der Waals surface area contributed by atoms with Crippen LogP contribution in [0.15, 0.2) is 0 Å². The minimum Gasteiger partial charge on any atom is -0.481 e. The second-order valence-electron chi connectivity index (χ2n) is 6.74. The normalized spacial score (nSPS) is 33.1. The standard InChI is InChI=1S/C15H24N2O3/c18-14(16-8-10-1-2-10)9-17-12-3-4-13(17)6-11(5-12)7-15(19)20/h10-13H,1-9H2,(H,16,18)(H,19,20). The number of carbonyl (C=O) groups is 2. The van der Waals surface area contributed by atoms with Crippen molar-refractivity contribution in [3.63, 3.8) is 0 Å². The average Bonchev–Trinajstić information content (AvgIpc) is 3.16. The molecule has 0 radical (unpaired) electrons. The van der Waals surface area contributed by atoms with Crippen LogP contribution in [-0.4, -0.2) is 47.1 Å². The van der Waals surface area contributed by atoms with Crippen molar-refractivity contribution < 1.29 is 14.7 Å². The summed E-state index contributed by atoms with van der Waals surface area (Å²) in [5, 5.41) is 11.9. The summed E-state index contributed by atoms with van der Waals surface area (Å²) in [6, 6.07) is 0.842. The van der Waals surface area contributed by atoms with Gasteiger partial charge in [-0.25, -0.2) is 0 Å². The summed E-state index contributed by atoms with van der Waals surface area (Å²) in [5.41, 5.74) is 0. The first kappa shape index (κ1) is 13.9. The van der Waals surface area contributed by atoms with Crippen LogP contribution in [0.2, 0.25) is 0 Å². The van der Waals surface area contributed by atoms with E-state index in [-0.39, 0.29) is 12.3 Å². The van der Waals surface area contributed by atoms with E-state index >= 15 is 0 Å². The number of piperidine rings is 1. The quantitative estimate of drug-likeness (QED) is 0.768.